The number of nitrogens with two attached hydrogens (primary N) is 3. The van der Waals surface area contributed by atoms with E-state index >= 15 is 0 Å². The third-order valence-corrected chi connectivity index (χ3v) is 0.529. The molecule has 12 heavy (non-hydrogen) atoms. The molecule has 0 aromatic rings. The van der Waals surface area contributed by atoms with Crippen LogP contribution >= 0.6 is 0 Å². The van der Waals surface area contributed by atoms with Gasteiger partial charge in [-0.15, -0.1) is 0 Å². The van der Waals surface area contributed by atoms with Crippen LogP contribution in [0.2, 0.25) is 0 Å². The molecule has 0 saturated heterocycles. The van der Waals surface area contributed by atoms with Gasteiger partial charge in [-0.2, -0.15) is 18.8 Å². The summed E-state index contributed by atoms with van der Waals surface area (Å²) in [6.07, 6.45) is 0. The lowest BCUT2D eigenvalue weighted by Gasteiger charge is -1.91. The van der Waals surface area contributed by atoms with Crippen LogP contribution in [-0.4, -0.2) is 14.4 Å². The van der Waals surface area contributed by atoms with Crippen LogP contribution in [0.3, 0.4) is 0 Å². The Bertz CT molecular complexity index is 271. The van der Waals surface area contributed by atoms with Crippen molar-refractivity contribution < 1.29 is 12.7 Å². The number of nitrogens with zero attached hydrogens (tertiary/aromatic N) is 2. The van der Waals surface area contributed by atoms with E-state index in [-0.39, 0.29) is 0 Å². The smallest absolute Gasteiger partial charge is 0.367 e. The van der Waals surface area contributed by atoms with Crippen molar-refractivity contribution in [1.82, 2.24) is 0 Å². The first-order valence-electron chi connectivity index (χ1n) is 2.44. The van der Waals surface area contributed by atoms with Gasteiger partial charge in [0.05, 0.1) is 6.07 Å². The van der Waals surface area contributed by atoms with E-state index in [2.05, 4.69) is 26.0 Å². The number of nitriles is 1. The minimum absolute atomic E-state index is 0.510. The van der Waals surface area contributed by atoms with Gasteiger partial charge >= 0.3 is 10.3 Å². The number of hydrogen-bond donors (Lipinski definition) is 3. The first kappa shape index (κ1) is 13.1. The molecule has 0 atom stereocenters. The van der Waals surface area contributed by atoms with E-state index in [1.807, 2.05) is 0 Å². The van der Waals surface area contributed by atoms with Crippen LogP contribution in [0.25, 0.3) is 0 Å². The molecule has 0 saturated carbocycles. The summed E-state index contributed by atoms with van der Waals surface area (Å²) in [5.74, 6) is -0.510. The van der Waals surface area contributed by atoms with Crippen molar-refractivity contribution in [2.45, 2.75) is 6.92 Å². The van der Waals surface area contributed by atoms with Crippen molar-refractivity contribution in [3.8, 4) is 6.07 Å². The molecule has 8 nitrogen and oxygen atoms in total. The first-order valence-corrected chi connectivity index (χ1v) is 3.91. The van der Waals surface area contributed by atoms with Crippen LogP contribution in [0.1, 0.15) is 6.92 Å². The van der Waals surface area contributed by atoms with Crippen LogP contribution < -0.4 is 16.6 Å². The fraction of sp³-hybridized carbons (Fsp3) is 0.333. The summed E-state index contributed by atoms with van der Waals surface area (Å²) in [5, 5.41) is 14.3. The fourth-order valence-corrected chi connectivity index (χ4v) is 0.285. The van der Waals surface area contributed by atoms with E-state index in [9.17, 15) is 8.42 Å². The fourth-order valence-electron chi connectivity index (χ4n) is 0.0950. The molecule has 0 aromatic heterocycles. The maximum absolute atomic E-state index is 9.87. The molecule has 0 aromatic carbocycles. The highest BCUT2D eigenvalue weighted by atomic mass is 32.2. The molecule has 0 unspecified atom stereocenters. The maximum Gasteiger partial charge on any atom is 0.399 e. The molecule has 0 radical (unpaired) electrons. The van der Waals surface area contributed by atoms with Crippen LogP contribution in [-0.2, 0) is 14.6 Å². The minimum Gasteiger partial charge on any atom is -0.367 e. The normalized spacial score (nSPS) is 8.42. The summed E-state index contributed by atoms with van der Waals surface area (Å²) in [6, 6.07) is 1.75. The van der Waals surface area contributed by atoms with E-state index in [0.717, 1.165) is 0 Å². The molecule has 0 spiro atoms. The van der Waals surface area contributed by atoms with E-state index in [1.54, 1.807) is 6.07 Å². The molecule has 0 aliphatic heterocycles. The Labute approximate surface area is 69.8 Å². The summed E-state index contributed by atoms with van der Waals surface area (Å²) < 4.78 is 23.3. The molecule has 9 heteroatoms. The Morgan fingerprint density at radius 2 is 1.92 bits per heavy atom. The Morgan fingerprint density at radius 1 is 1.58 bits per heavy atom. The second-order valence-electron chi connectivity index (χ2n) is 1.31. The van der Waals surface area contributed by atoms with Crippen LogP contribution in [0.5, 0.6) is 0 Å². The molecule has 0 heterocycles. The van der Waals surface area contributed by atoms with Crippen molar-refractivity contribution in [3.63, 3.8) is 0 Å². The zero-order valence-electron chi connectivity index (χ0n) is 6.26. The molecular weight excluding hydrogens is 186 g/mol. The molecule has 0 amide bonds. The predicted molar refractivity (Wildman–Crippen MR) is 41.3 cm³/mol. The highest BCUT2D eigenvalue weighted by Gasteiger charge is 1.98. The van der Waals surface area contributed by atoms with Crippen LogP contribution in [0.4, 0.5) is 0 Å². The average Bonchev–Trinajstić information content (AvgIpc) is 1.84. The predicted octanol–water partition coefficient (Wildman–Crippen LogP) is -2.08. The van der Waals surface area contributed by atoms with Gasteiger partial charge < -0.3 is 11.5 Å². The van der Waals surface area contributed by atoms with E-state index in [4.69, 9.17) is 5.26 Å². The SMILES string of the molecule is CC#N.NC(N)=NOS(N)(=O)=O. The molecule has 0 rings (SSSR count). The molecule has 0 aliphatic carbocycles. The standard InChI is InChI=1S/C2H3N.CH6N4O3S/c1-2-3;2-1(3)5-8-9(4,6)7/h1H3;(H4,2,3,5)(H2,4,6,7). The second-order valence-corrected chi connectivity index (χ2v) is 2.44. The monoisotopic (exact) mass is 195 g/mol. The maximum atomic E-state index is 9.87. The van der Waals surface area contributed by atoms with Crippen molar-refractivity contribution in [2.24, 2.45) is 21.8 Å². The zero-order chi connectivity index (χ0) is 10.2. The lowest BCUT2D eigenvalue weighted by atomic mass is 11.0. The molecule has 0 fully saturated rings. The third kappa shape index (κ3) is 23.7. The Hall–Kier alpha value is -1.53. The lowest BCUT2D eigenvalue weighted by molar-refractivity contribution is 0.338. The summed E-state index contributed by atoms with van der Waals surface area (Å²) >= 11 is 0. The molecule has 0 bridgehead atoms. The van der Waals surface area contributed by atoms with Gasteiger partial charge in [0, 0.05) is 6.92 Å². The number of hydrogen-bond acceptors (Lipinski definition) is 5. The van der Waals surface area contributed by atoms with Gasteiger partial charge in [0.15, 0.2) is 0 Å². The molecule has 70 valence electrons. The van der Waals surface area contributed by atoms with E-state index in [1.165, 1.54) is 6.92 Å². The average molecular weight is 195 g/mol. The molecule has 0 aliphatic rings. The Kier molecular flexibility index (Phi) is 6.76. The van der Waals surface area contributed by atoms with E-state index < -0.39 is 16.3 Å². The van der Waals surface area contributed by atoms with E-state index in [0.29, 0.717) is 0 Å². The van der Waals surface area contributed by atoms with Crippen LogP contribution in [0, 0.1) is 11.3 Å². The minimum atomic E-state index is -4.07. The van der Waals surface area contributed by atoms with Crippen molar-refractivity contribution >= 4 is 16.3 Å². The van der Waals surface area contributed by atoms with Gasteiger partial charge in [-0.3, -0.25) is 4.28 Å². The summed E-state index contributed by atoms with van der Waals surface area (Å²) in [4.78, 5) is 0. The third-order valence-electron chi connectivity index (χ3n) is 0.247. The topological polar surface area (TPSA) is 158 Å². The first-order chi connectivity index (χ1) is 5.33. The summed E-state index contributed by atoms with van der Waals surface area (Å²) in [5.41, 5.74) is 9.36. The van der Waals surface area contributed by atoms with Crippen molar-refractivity contribution in [2.75, 3.05) is 0 Å². The Morgan fingerprint density at radius 3 is 2.00 bits per heavy atom. The Balaban J connectivity index is 0. The number of rotatable bonds is 2. The van der Waals surface area contributed by atoms with Gasteiger partial charge in [-0.1, -0.05) is 0 Å². The summed E-state index contributed by atoms with van der Waals surface area (Å²) in [6.45, 7) is 1.43. The van der Waals surface area contributed by atoms with Gasteiger partial charge in [0.2, 0.25) is 5.96 Å². The molecule has 6 N–H and O–H groups in total. The van der Waals surface area contributed by atoms with Gasteiger partial charge in [-0.25, -0.2) is 0 Å². The highest BCUT2D eigenvalue weighted by Crippen LogP contribution is 1.79. The van der Waals surface area contributed by atoms with Gasteiger partial charge in [-0.05, 0) is 5.16 Å². The lowest BCUT2D eigenvalue weighted by Crippen LogP contribution is -2.24. The van der Waals surface area contributed by atoms with Gasteiger partial charge in [0.1, 0.15) is 0 Å². The zero-order valence-corrected chi connectivity index (χ0v) is 7.08. The molecular formula is C3H9N5O3S. The quantitative estimate of drug-likeness (QED) is 0.260. The largest absolute Gasteiger partial charge is 0.399 e. The number of guanidine groups is 1. The number of oxime groups is 1. The van der Waals surface area contributed by atoms with Gasteiger partial charge in [0.25, 0.3) is 0 Å². The second kappa shape index (κ2) is 6.20. The highest BCUT2D eigenvalue weighted by molar-refractivity contribution is 7.84. The van der Waals surface area contributed by atoms with Crippen molar-refractivity contribution in [1.29, 1.82) is 5.26 Å². The van der Waals surface area contributed by atoms with Crippen molar-refractivity contribution in [3.05, 3.63) is 0 Å². The summed E-state index contributed by atoms with van der Waals surface area (Å²) in [7, 11) is -4.07. The van der Waals surface area contributed by atoms with Crippen LogP contribution in [0.15, 0.2) is 5.16 Å².